The van der Waals surface area contributed by atoms with E-state index in [2.05, 4.69) is 6.92 Å². The number of hydrogen-bond donors (Lipinski definition) is 0. The summed E-state index contributed by atoms with van der Waals surface area (Å²) in [6, 6.07) is 5.04. The molecule has 0 amide bonds. The average molecular weight is 394 g/mol. The molecular formula is C22H31FO5. The van der Waals surface area contributed by atoms with Gasteiger partial charge in [-0.3, -0.25) is 4.79 Å². The SMILES string of the molecule is CCCCc1c(F)cccc1CO[C@@H]1[C@H]2OC(C)(C)O[C@H]2O[C@@H]1C(=O)CCC. The number of Topliss-reactive ketones (excluding diaryl/α,β-unsaturated/α-hetero) is 1. The Morgan fingerprint density at radius 2 is 2.00 bits per heavy atom. The summed E-state index contributed by atoms with van der Waals surface area (Å²) in [5, 5.41) is 0. The maximum Gasteiger partial charge on any atom is 0.190 e. The molecule has 0 radical (unpaired) electrons. The smallest absolute Gasteiger partial charge is 0.190 e. The standard InChI is InChI=1S/C22H31FO5/c1-5-7-11-15-14(10-8-12-16(15)23)13-25-19-18(17(24)9-6-2)26-21-20(19)27-22(3,4)28-21/h8,10,12,18-21H,5-7,9,11,13H2,1-4H3/t18-,19+,20-,21-/m1/s1. The lowest BCUT2D eigenvalue weighted by molar-refractivity contribution is -0.218. The fraction of sp³-hybridized carbons (Fsp3) is 0.682. The molecule has 0 N–H and O–H groups in total. The van der Waals surface area contributed by atoms with Crippen molar-refractivity contribution in [2.24, 2.45) is 0 Å². The molecule has 2 saturated heterocycles. The first-order valence-corrected chi connectivity index (χ1v) is 10.3. The number of carbonyl (C=O) groups excluding carboxylic acids is 1. The maximum atomic E-state index is 14.3. The Bertz CT molecular complexity index is 690. The molecule has 156 valence electrons. The number of benzene rings is 1. The van der Waals surface area contributed by atoms with Crippen molar-refractivity contribution in [3.63, 3.8) is 0 Å². The average Bonchev–Trinajstić information content (AvgIpc) is 3.11. The minimum atomic E-state index is -0.791. The summed E-state index contributed by atoms with van der Waals surface area (Å²) in [6.07, 6.45) is 1.31. The van der Waals surface area contributed by atoms with Crippen molar-refractivity contribution in [1.82, 2.24) is 0 Å². The Labute approximate surface area is 166 Å². The van der Waals surface area contributed by atoms with E-state index in [9.17, 15) is 9.18 Å². The number of rotatable bonds is 9. The van der Waals surface area contributed by atoms with Crippen molar-refractivity contribution in [2.45, 2.75) is 96.8 Å². The Morgan fingerprint density at radius 3 is 2.71 bits per heavy atom. The zero-order valence-electron chi connectivity index (χ0n) is 17.2. The van der Waals surface area contributed by atoms with E-state index >= 15 is 0 Å². The summed E-state index contributed by atoms with van der Waals surface area (Å²) >= 11 is 0. The Kier molecular flexibility index (Phi) is 6.86. The van der Waals surface area contributed by atoms with Crippen LogP contribution in [-0.2, 0) is 36.8 Å². The highest BCUT2D eigenvalue weighted by molar-refractivity contribution is 5.84. The van der Waals surface area contributed by atoms with Gasteiger partial charge in [0.2, 0.25) is 0 Å². The molecule has 4 atom stereocenters. The van der Waals surface area contributed by atoms with Gasteiger partial charge in [-0.1, -0.05) is 32.4 Å². The zero-order chi connectivity index (χ0) is 20.3. The zero-order valence-corrected chi connectivity index (χ0v) is 17.2. The molecule has 2 aliphatic heterocycles. The molecule has 2 fully saturated rings. The van der Waals surface area contributed by atoms with Gasteiger partial charge in [-0.2, -0.15) is 0 Å². The van der Waals surface area contributed by atoms with E-state index in [-0.39, 0.29) is 18.2 Å². The van der Waals surface area contributed by atoms with Gasteiger partial charge in [-0.05, 0) is 50.3 Å². The van der Waals surface area contributed by atoms with Crippen LogP contribution in [0.5, 0.6) is 0 Å². The molecule has 0 saturated carbocycles. The number of halogens is 1. The number of unbranched alkanes of at least 4 members (excludes halogenated alkanes) is 1. The molecule has 0 aromatic heterocycles. The van der Waals surface area contributed by atoms with E-state index in [0.29, 0.717) is 18.4 Å². The van der Waals surface area contributed by atoms with Crippen LogP contribution in [0.4, 0.5) is 4.39 Å². The highest BCUT2D eigenvalue weighted by Gasteiger charge is 2.57. The van der Waals surface area contributed by atoms with Crippen LogP contribution in [0.3, 0.4) is 0 Å². The molecule has 0 spiro atoms. The number of hydrogen-bond acceptors (Lipinski definition) is 5. The Morgan fingerprint density at radius 1 is 1.21 bits per heavy atom. The minimum absolute atomic E-state index is 0.0163. The topological polar surface area (TPSA) is 54.0 Å². The largest absolute Gasteiger partial charge is 0.367 e. The van der Waals surface area contributed by atoms with Gasteiger partial charge in [-0.25, -0.2) is 4.39 Å². The molecule has 0 unspecified atom stereocenters. The Hall–Kier alpha value is -1.34. The number of fused-ring (bicyclic) bond motifs is 1. The predicted octanol–water partition coefficient (Wildman–Crippen LogP) is 4.30. The highest BCUT2D eigenvalue weighted by Crippen LogP contribution is 2.39. The van der Waals surface area contributed by atoms with Gasteiger partial charge in [0.25, 0.3) is 0 Å². The molecule has 3 rings (SSSR count). The van der Waals surface area contributed by atoms with Crippen molar-refractivity contribution in [2.75, 3.05) is 0 Å². The summed E-state index contributed by atoms with van der Waals surface area (Å²) in [4.78, 5) is 12.5. The second-order valence-electron chi connectivity index (χ2n) is 8.00. The van der Waals surface area contributed by atoms with Gasteiger partial charge < -0.3 is 18.9 Å². The van der Waals surface area contributed by atoms with Gasteiger partial charge in [0.05, 0.1) is 6.61 Å². The van der Waals surface area contributed by atoms with E-state index in [1.807, 2.05) is 26.8 Å². The molecule has 0 aliphatic carbocycles. The molecule has 2 aliphatic rings. The van der Waals surface area contributed by atoms with E-state index in [1.165, 1.54) is 6.07 Å². The molecular weight excluding hydrogens is 363 g/mol. The van der Waals surface area contributed by atoms with Crippen LogP contribution in [0, 0.1) is 5.82 Å². The van der Waals surface area contributed by atoms with Crippen LogP contribution in [0.2, 0.25) is 0 Å². The first kappa shape index (κ1) is 21.4. The third-order valence-corrected chi connectivity index (χ3v) is 5.23. The van der Waals surface area contributed by atoms with Gasteiger partial charge in [0, 0.05) is 6.42 Å². The van der Waals surface area contributed by atoms with Crippen LogP contribution in [0.15, 0.2) is 18.2 Å². The van der Waals surface area contributed by atoms with Crippen LogP contribution >= 0.6 is 0 Å². The lowest BCUT2D eigenvalue weighted by Crippen LogP contribution is -2.40. The number of ketones is 1. The number of ether oxygens (including phenoxy) is 4. The molecule has 5 nitrogen and oxygen atoms in total. The highest BCUT2D eigenvalue weighted by atomic mass is 19.1. The molecule has 1 aromatic carbocycles. The fourth-order valence-corrected chi connectivity index (χ4v) is 3.87. The first-order chi connectivity index (χ1) is 13.4. The van der Waals surface area contributed by atoms with Crippen LogP contribution in [0.25, 0.3) is 0 Å². The second kappa shape index (κ2) is 8.99. The maximum absolute atomic E-state index is 14.3. The molecule has 1 aromatic rings. The lowest BCUT2D eigenvalue weighted by Gasteiger charge is -2.25. The van der Waals surface area contributed by atoms with E-state index in [1.54, 1.807) is 6.07 Å². The van der Waals surface area contributed by atoms with Crippen molar-refractivity contribution < 1.29 is 28.1 Å². The summed E-state index contributed by atoms with van der Waals surface area (Å²) in [5.41, 5.74) is 1.48. The van der Waals surface area contributed by atoms with Crippen molar-refractivity contribution in [1.29, 1.82) is 0 Å². The van der Waals surface area contributed by atoms with Gasteiger partial charge in [-0.15, -0.1) is 0 Å². The van der Waals surface area contributed by atoms with Crippen molar-refractivity contribution in [3.05, 3.63) is 35.1 Å². The quantitative estimate of drug-likeness (QED) is 0.625. The summed E-state index contributed by atoms with van der Waals surface area (Å²) in [5.74, 6) is -1.02. The molecule has 0 bridgehead atoms. The second-order valence-corrected chi connectivity index (χ2v) is 8.00. The van der Waals surface area contributed by atoms with Crippen LogP contribution < -0.4 is 0 Å². The van der Waals surface area contributed by atoms with Gasteiger partial charge in [0.15, 0.2) is 17.9 Å². The third-order valence-electron chi connectivity index (χ3n) is 5.23. The third kappa shape index (κ3) is 4.62. The van der Waals surface area contributed by atoms with E-state index in [4.69, 9.17) is 18.9 Å². The van der Waals surface area contributed by atoms with Gasteiger partial charge >= 0.3 is 0 Å². The normalized spacial score (nSPS) is 28.5. The van der Waals surface area contributed by atoms with E-state index < -0.39 is 30.4 Å². The van der Waals surface area contributed by atoms with Crippen molar-refractivity contribution >= 4 is 5.78 Å². The molecule has 2 heterocycles. The predicted molar refractivity (Wildman–Crippen MR) is 102 cm³/mol. The molecule has 28 heavy (non-hydrogen) atoms. The minimum Gasteiger partial charge on any atom is -0.367 e. The van der Waals surface area contributed by atoms with Crippen LogP contribution in [0.1, 0.15) is 64.5 Å². The number of carbonyl (C=O) groups is 1. The fourth-order valence-electron chi connectivity index (χ4n) is 3.87. The van der Waals surface area contributed by atoms with Crippen LogP contribution in [-0.4, -0.2) is 36.2 Å². The van der Waals surface area contributed by atoms with Crippen molar-refractivity contribution in [3.8, 4) is 0 Å². The molecule has 6 heteroatoms. The first-order valence-electron chi connectivity index (χ1n) is 10.3. The Balaban J connectivity index is 1.76. The summed E-state index contributed by atoms with van der Waals surface area (Å²) < 4.78 is 38.0. The van der Waals surface area contributed by atoms with Gasteiger partial charge in [0.1, 0.15) is 24.1 Å². The summed E-state index contributed by atoms with van der Waals surface area (Å²) in [7, 11) is 0. The monoisotopic (exact) mass is 394 g/mol. The van der Waals surface area contributed by atoms with E-state index in [0.717, 1.165) is 24.8 Å². The lowest BCUT2D eigenvalue weighted by atomic mass is 10.0. The summed E-state index contributed by atoms with van der Waals surface area (Å²) in [6.45, 7) is 7.85.